The van der Waals surface area contributed by atoms with Crippen LogP contribution in [0.5, 0.6) is 0 Å². The van der Waals surface area contributed by atoms with Crippen molar-refractivity contribution in [3.05, 3.63) is 57.8 Å². The Kier molecular flexibility index (Phi) is 3.17. The van der Waals surface area contributed by atoms with Gasteiger partial charge in [0.2, 0.25) is 0 Å². The molecule has 1 heterocycles. The number of hydrogen-bond donors (Lipinski definition) is 0. The molecule has 4 heteroatoms. The minimum Gasteiger partial charge on any atom is -0.307 e. The van der Waals surface area contributed by atoms with Crippen LogP contribution in [0.2, 0.25) is 5.02 Å². The Labute approximate surface area is 103 Å². The lowest BCUT2D eigenvalue weighted by atomic mass is 10.2. The van der Waals surface area contributed by atoms with Gasteiger partial charge >= 0.3 is 0 Å². The number of hydrogen-bond acceptors (Lipinski definition) is 2. The molecule has 16 heavy (non-hydrogen) atoms. The van der Waals surface area contributed by atoms with Crippen molar-refractivity contribution in [2.75, 3.05) is 0 Å². The van der Waals surface area contributed by atoms with Crippen LogP contribution >= 0.6 is 23.8 Å². The van der Waals surface area contributed by atoms with Crippen LogP contribution in [0.3, 0.4) is 0 Å². The second-order valence-corrected chi connectivity index (χ2v) is 4.06. The highest BCUT2D eigenvalue weighted by atomic mass is 35.5. The van der Waals surface area contributed by atoms with E-state index in [0.717, 1.165) is 12.0 Å². The molecule has 0 aliphatic carbocycles. The molecule has 0 amide bonds. The number of benzene rings is 1. The van der Waals surface area contributed by atoms with E-state index in [-0.39, 0.29) is 0 Å². The summed E-state index contributed by atoms with van der Waals surface area (Å²) < 4.78 is 2.24. The minimum absolute atomic E-state index is 0.486. The third kappa shape index (κ3) is 2.05. The predicted molar refractivity (Wildman–Crippen MR) is 67.0 cm³/mol. The van der Waals surface area contributed by atoms with Gasteiger partial charge in [0.25, 0.3) is 0 Å². The number of aldehydes is 1. The van der Waals surface area contributed by atoms with Gasteiger partial charge in [-0.15, -0.1) is 0 Å². The van der Waals surface area contributed by atoms with Crippen molar-refractivity contribution in [1.29, 1.82) is 0 Å². The van der Waals surface area contributed by atoms with Gasteiger partial charge in [-0.05, 0) is 30.3 Å². The Morgan fingerprint density at radius 3 is 2.75 bits per heavy atom. The molecule has 0 saturated heterocycles. The fraction of sp³-hybridized carbons (Fsp3) is 0. The smallest absolute Gasteiger partial charge is 0.153 e. The lowest BCUT2D eigenvalue weighted by Crippen LogP contribution is -1.99. The average Bonchev–Trinajstić information content (AvgIpc) is 2.29. The van der Waals surface area contributed by atoms with E-state index in [4.69, 9.17) is 23.8 Å². The van der Waals surface area contributed by atoms with Crippen molar-refractivity contribution in [2.24, 2.45) is 0 Å². The molecule has 0 spiro atoms. The van der Waals surface area contributed by atoms with Gasteiger partial charge in [0.15, 0.2) is 6.29 Å². The summed E-state index contributed by atoms with van der Waals surface area (Å²) in [6.07, 6.45) is 2.56. The van der Waals surface area contributed by atoms with E-state index < -0.39 is 0 Å². The first kappa shape index (κ1) is 11.0. The molecule has 0 atom stereocenters. The van der Waals surface area contributed by atoms with Crippen molar-refractivity contribution in [2.45, 2.75) is 0 Å². The number of aromatic nitrogens is 1. The zero-order valence-corrected chi connectivity index (χ0v) is 9.83. The molecular weight excluding hydrogens is 242 g/mol. The van der Waals surface area contributed by atoms with Crippen LogP contribution < -0.4 is 0 Å². The first-order valence-electron chi connectivity index (χ1n) is 4.65. The van der Waals surface area contributed by atoms with Crippen LogP contribution in [0.4, 0.5) is 0 Å². The van der Waals surface area contributed by atoms with Gasteiger partial charge in [0.1, 0.15) is 4.64 Å². The standard InChI is InChI=1S/C12H8ClNOS/c13-10-4-1-5-11(7-10)14-6-2-3-9(8-15)12(14)16/h1-8H. The lowest BCUT2D eigenvalue weighted by molar-refractivity contribution is 0.112. The van der Waals surface area contributed by atoms with Crippen LogP contribution in [-0.2, 0) is 0 Å². The van der Waals surface area contributed by atoms with E-state index in [1.54, 1.807) is 35.0 Å². The minimum atomic E-state index is 0.486. The second-order valence-electron chi connectivity index (χ2n) is 3.24. The lowest BCUT2D eigenvalue weighted by Gasteiger charge is -2.07. The van der Waals surface area contributed by atoms with Crippen molar-refractivity contribution in [3.63, 3.8) is 0 Å². The molecule has 0 saturated carbocycles. The molecule has 2 aromatic rings. The Morgan fingerprint density at radius 1 is 1.25 bits per heavy atom. The van der Waals surface area contributed by atoms with Gasteiger partial charge in [0, 0.05) is 22.5 Å². The third-order valence-electron chi connectivity index (χ3n) is 2.19. The van der Waals surface area contributed by atoms with Gasteiger partial charge < -0.3 is 4.57 Å². The van der Waals surface area contributed by atoms with Crippen LogP contribution in [0.25, 0.3) is 5.69 Å². The highest BCUT2D eigenvalue weighted by Gasteiger charge is 2.01. The fourth-order valence-electron chi connectivity index (χ4n) is 1.43. The molecule has 1 aromatic carbocycles. The largest absolute Gasteiger partial charge is 0.307 e. The van der Waals surface area contributed by atoms with Crippen LogP contribution in [0.1, 0.15) is 10.4 Å². The maximum atomic E-state index is 10.8. The number of rotatable bonds is 2. The molecule has 0 fully saturated rings. The van der Waals surface area contributed by atoms with Gasteiger partial charge in [-0.3, -0.25) is 4.79 Å². The Balaban J connectivity index is 2.65. The van der Waals surface area contributed by atoms with E-state index in [9.17, 15) is 4.79 Å². The van der Waals surface area contributed by atoms with E-state index in [2.05, 4.69) is 0 Å². The summed E-state index contributed by atoms with van der Waals surface area (Å²) in [7, 11) is 0. The van der Waals surface area contributed by atoms with Crippen molar-refractivity contribution in [1.82, 2.24) is 4.57 Å². The summed E-state index contributed by atoms with van der Waals surface area (Å²) in [6, 6.07) is 10.8. The molecule has 80 valence electrons. The Hall–Kier alpha value is -1.45. The molecule has 0 radical (unpaired) electrons. The maximum Gasteiger partial charge on any atom is 0.153 e. The fourth-order valence-corrected chi connectivity index (χ4v) is 1.90. The average molecular weight is 250 g/mol. The van der Waals surface area contributed by atoms with Gasteiger partial charge in [-0.25, -0.2) is 0 Å². The van der Waals surface area contributed by atoms with E-state index >= 15 is 0 Å². The highest BCUT2D eigenvalue weighted by Crippen LogP contribution is 2.16. The predicted octanol–water partition coefficient (Wildman–Crippen LogP) is 3.67. The number of pyridine rings is 1. The first-order chi connectivity index (χ1) is 7.72. The maximum absolute atomic E-state index is 10.8. The van der Waals surface area contributed by atoms with E-state index in [0.29, 0.717) is 15.2 Å². The highest BCUT2D eigenvalue weighted by molar-refractivity contribution is 7.71. The second kappa shape index (κ2) is 4.60. The number of halogens is 1. The molecule has 1 aromatic heterocycles. The van der Waals surface area contributed by atoms with Crippen molar-refractivity contribution in [3.8, 4) is 5.69 Å². The summed E-state index contributed by atoms with van der Waals surface area (Å²) in [5, 5.41) is 0.635. The summed E-state index contributed by atoms with van der Waals surface area (Å²) >= 11 is 11.1. The molecule has 0 aliphatic heterocycles. The zero-order valence-electron chi connectivity index (χ0n) is 8.26. The summed E-state index contributed by atoms with van der Waals surface area (Å²) in [6.45, 7) is 0. The molecule has 2 rings (SSSR count). The number of nitrogens with zero attached hydrogens (tertiary/aromatic N) is 1. The summed E-state index contributed by atoms with van der Waals surface area (Å²) in [5.41, 5.74) is 1.35. The molecule has 0 unspecified atom stereocenters. The molecule has 0 N–H and O–H groups in total. The van der Waals surface area contributed by atoms with Gasteiger partial charge in [0.05, 0.1) is 0 Å². The molecular formula is C12H8ClNOS. The topological polar surface area (TPSA) is 22.0 Å². The summed E-state index contributed by atoms with van der Waals surface area (Å²) in [5.74, 6) is 0. The zero-order chi connectivity index (χ0) is 11.5. The van der Waals surface area contributed by atoms with Crippen LogP contribution in [-0.4, -0.2) is 10.9 Å². The van der Waals surface area contributed by atoms with Crippen molar-refractivity contribution >= 4 is 30.1 Å². The van der Waals surface area contributed by atoms with Gasteiger partial charge in [-0.1, -0.05) is 29.9 Å². The Morgan fingerprint density at radius 2 is 2.06 bits per heavy atom. The normalized spacial score (nSPS) is 10.1. The SMILES string of the molecule is O=Cc1cccn(-c2cccc(Cl)c2)c1=S. The molecule has 0 bridgehead atoms. The number of carbonyl (C=O) groups excluding carboxylic acids is 1. The van der Waals surface area contributed by atoms with E-state index in [1.807, 2.05) is 12.1 Å². The quantitative estimate of drug-likeness (QED) is 0.598. The summed E-state index contributed by atoms with van der Waals surface area (Å²) in [4.78, 5) is 10.8. The van der Waals surface area contributed by atoms with Crippen molar-refractivity contribution < 1.29 is 4.79 Å². The third-order valence-corrected chi connectivity index (χ3v) is 2.86. The Bertz CT molecular complexity index is 592. The van der Waals surface area contributed by atoms with Crippen LogP contribution in [0.15, 0.2) is 42.6 Å². The number of carbonyl (C=O) groups is 1. The molecule has 0 aliphatic rings. The molecule has 2 nitrogen and oxygen atoms in total. The van der Waals surface area contributed by atoms with Crippen LogP contribution in [0, 0.1) is 4.64 Å². The van der Waals surface area contributed by atoms with E-state index in [1.165, 1.54) is 0 Å². The van der Waals surface area contributed by atoms with Gasteiger partial charge in [-0.2, -0.15) is 0 Å². The first-order valence-corrected chi connectivity index (χ1v) is 5.44. The monoisotopic (exact) mass is 249 g/mol.